The number of pyridine rings is 1. The molecule has 0 radical (unpaired) electrons. The van der Waals surface area contributed by atoms with E-state index in [4.69, 9.17) is 16.3 Å². The highest BCUT2D eigenvalue weighted by molar-refractivity contribution is 6.17. The number of rotatable bonds is 2. The van der Waals surface area contributed by atoms with Crippen molar-refractivity contribution in [3.8, 4) is 5.88 Å². The zero-order chi connectivity index (χ0) is 9.97. The summed E-state index contributed by atoms with van der Waals surface area (Å²) >= 11 is 5.74. The summed E-state index contributed by atoms with van der Waals surface area (Å²) in [6.07, 6.45) is 1.80. The summed E-state index contributed by atoms with van der Waals surface area (Å²) in [6.45, 7) is 0. The molecular weight excluding hydrogens is 198 g/mol. The fourth-order valence-corrected chi connectivity index (χ4v) is 1.53. The molecule has 0 bridgehead atoms. The first-order chi connectivity index (χ1) is 6.83. The first-order valence-electron chi connectivity index (χ1n) is 4.32. The van der Waals surface area contributed by atoms with E-state index < -0.39 is 0 Å². The van der Waals surface area contributed by atoms with E-state index in [0.717, 1.165) is 16.3 Å². The number of nitrogens with zero attached hydrogens (tertiary/aromatic N) is 1. The predicted molar refractivity (Wildman–Crippen MR) is 57.9 cm³/mol. The molecule has 1 aromatic carbocycles. The quantitative estimate of drug-likeness (QED) is 0.707. The van der Waals surface area contributed by atoms with Gasteiger partial charge in [0, 0.05) is 23.5 Å². The fourth-order valence-electron chi connectivity index (χ4n) is 1.37. The van der Waals surface area contributed by atoms with E-state index in [-0.39, 0.29) is 0 Å². The molecule has 72 valence electrons. The summed E-state index contributed by atoms with van der Waals surface area (Å²) in [6, 6.07) is 7.98. The van der Waals surface area contributed by atoms with E-state index in [9.17, 15) is 0 Å². The van der Waals surface area contributed by atoms with Crippen LogP contribution >= 0.6 is 11.6 Å². The molecule has 0 spiro atoms. The van der Waals surface area contributed by atoms with Crippen LogP contribution in [0.2, 0.25) is 0 Å². The van der Waals surface area contributed by atoms with Gasteiger partial charge in [0.1, 0.15) is 0 Å². The number of alkyl halides is 1. The molecule has 0 aliphatic rings. The van der Waals surface area contributed by atoms with Crippen molar-refractivity contribution in [2.75, 3.05) is 7.11 Å². The van der Waals surface area contributed by atoms with Crippen molar-refractivity contribution < 1.29 is 4.74 Å². The molecule has 14 heavy (non-hydrogen) atoms. The number of aromatic nitrogens is 1. The Morgan fingerprint density at radius 2 is 2.14 bits per heavy atom. The van der Waals surface area contributed by atoms with Crippen LogP contribution in [0.15, 0.2) is 30.5 Å². The van der Waals surface area contributed by atoms with Gasteiger partial charge in [-0.1, -0.05) is 12.1 Å². The third-order valence-corrected chi connectivity index (χ3v) is 2.43. The average molecular weight is 208 g/mol. The van der Waals surface area contributed by atoms with Gasteiger partial charge in [-0.25, -0.2) is 4.98 Å². The molecule has 0 atom stereocenters. The van der Waals surface area contributed by atoms with Gasteiger partial charge in [0.25, 0.3) is 0 Å². The van der Waals surface area contributed by atoms with Crippen molar-refractivity contribution in [3.05, 3.63) is 36.0 Å². The molecule has 0 fully saturated rings. The standard InChI is InChI=1S/C11H10ClNO/c1-14-11-5-9-3-2-8(6-12)4-10(9)7-13-11/h2-5,7H,6H2,1H3. The fraction of sp³-hybridized carbons (Fsp3) is 0.182. The normalized spacial score (nSPS) is 10.4. The highest BCUT2D eigenvalue weighted by atomic mass is 35.5. The molecule has 0 aliphatic heterocycles. The van der Waals surface area contributed by atoms with E-state index >= 15 is 0 Å². The van der Waals surface area contributed by atoms with Crippen LogP contribution in [0, 0.1) is 0 Å². The summed E-state index contributed by atoms with van der Waals surface area (Å²) in [4.78, 5) is 4.14. The lowest BCUT2D eigenvalue weighted by molar-refractivity contribution is 0.399. The van der Waals surface area contributed by atoms with Crippen LogP contribution in [-0.2, 0) is 5.88 Å². The highest BCUT2D eigenvalue weighted by Gasteiger charge is 1.98. The third-order valence-electron chi connectivity index (χ3n) is 2.12. The Labute approximate surface area is 87.5 Å². The Kier molecular flexibility index (Phi) is 2.55. The van der Waals surface area contributed by atoms with Crippen LogP contribution in [0.5, 0.6) is 5.88 Å². The van der Waals surface area contributed by atoms with E-state index in [1.54, 1.807) is 13.3 Å². The van der Waals surface area contributed by atoms with E-state index in [1.807, 2.05) is 24.3 Å². The lowest BCUT2D eigenvalue weighted by atomic mass is 10.1. The first kappa shape index (κ1) is 9.28. The molecule has 0 saturated heterocycles. The smallest absolute Gasteiger partial charge is 0.213 e. The Hall–Kier alpha value is -1.28. The van der Waals surface area contributed by atoms with Gasteiger partial charge < -0.3 is 4.74 Å². The minimum absolute atomic E-state index is 0.530. The van der Waals surface area contributed by atoms with Gasteiger partial charge in [0.05, 0.1) is 7.11 Å². The lowest BCUT2D eigenvalue weighted by Crippen LogP contribution is -1.87. The van der Waals surface area contributed by atoms with Gasteiger partial charge >= 0.3 is 0 Å². The number of halogens is 1. The molecule has 0 amide bonds. The molecule has 0 aliphatic carbocycles. The Morgan fingerprint density at radius 3 is 2.86 bits per heavy atom. The van der Waals surface area contributed by atoms with Gasteiger partial charge in [-0.3, -0.25) is 0 Å². The Balaban J connectivity index is 2.57. The van der Waals surface area contributed by atoms with E-state index in [2.05, 4.69) is 4.98 Å². The maximum Gasteiger partial charge on any atom is 0.213 e. The van der Waals surface area contributed by atoms with Gasteiger partial charge in [-0.2, -0.15) is 0 Å². The maximum atomic E-state index is 5.74. The molecule has 3 heteroatoms. The van der Waals surface area contributed by atoms with Crippen LogP contribution in [0.4, 0.5) is 0 Å². The van der Waals surface area contributed by atoms with Gasteiger partial charge in [-0.15, -0.1) is 11.6 Å². The minimum atomic E-state index is 0.530. The summed E-state index contributed by atoms with van der Waals surface area (Å²) in [5, 5.41) is 2.20. The minimum Gasteiger partial charge on any atom is -0.481 e. The summed E-state index contributed by atoms with van der Waals surface area (Å²) in [7, 11) is 1.61. The van der Waals surface area contributed by atoms with Crippen molar-refractivity contribution in [1.29, 1.82) is 0 Å². The lowest BCUT2D eigenvalue weighted by Gasteiger charge is -2.02. The summed E-state index contributed by atoms with van der Waals surface area (Å²) in [5.74, 6) is 1.17. The molecule has 1 heterocycles. The molecule has 2 nitrogen and oxygen atoms in total. The zero-order valence-electron chi connectivity index (χ0n) is 7.83. The number of hydrogen-bond donors (Lipinski definition) is 0. The topological polar surface area (TPSA) is 22.1 Å². The second-order valence-corrected chi connectivity index (χ2v) is 3.31. The highest BCUT2D eigenvalue weighted by Crippen LogP contribution is 2.19. The molecule has 2 aromatic rings. The van der Waals surface area contributed by atoms with Crippen LogP contribution < -0.4 is 4.74 Å². The van der Waals surface area contributed by atoms with Crippen LogP contribution in [0.3, 0.4) is 0 Å². The predicted octanol–water partition coefficient (Wildman–Crippen LogP) is 2.98. The second-order valence-electron chi connectivity index (χ2n) is 3.04. The third kappa shape index (κ3) is 1.66. The van der Waals surface area contributed by atoms with Crippen molar-refractivity contribution in [2.24, 2.45) is 0 Å². The Morgan fingerprint density at radius 1 is 1.29 bits per heavy atom. The maximum absolute atomic E-state index is 5.74. The monoisotopic (exact) mass is 207 g/mol. The SMILES string of the molecule is COc1cc2ccc(CCl)cc2cn1. The van der Waals surface area contributed by atoms with Crippen molar-refractivity contribution in [1.82, 2.24) is 4.98 Å². The summed E-state index contributed by atoms with van der Waals surface area (Å²) in [5.41, 5.74) is 1.10. The zero-order valence-corrected chi connectivity index (χ0v) is 8.58. The largest absolute Gasteiger partial charge is 0.481 e. The Bertz CT molecular complexity index is 413. The number of hydrogen-bond acceptors (Lipinski definition) is 2. The van der Waals surface area contributed by atoms with Crippen molar-refractivity contribution >= 4 is 22.4 Å². The molecular formula is C11H10ClNO. The molecule has 0 unspecified atom stereocenters. The first-order valence-corrected chi connectivity index (χ1v) is 4.85. The van der Waals surface area contributed by atoms with Crippen molar-refractivity contribution in [3.63, 3.8) is 0 Å². The number of methoxy groups -OCH3 is 1. The molecule has 0 N–H and O–H groups in total. The summed E-state index contributed by atoms with van der Waals surface area (Å²) < 4.78 is 5.04. The van der Waals surface area contributed by atoms with Gasteiger partial charge in [0.15, 0.2) is 0 Å². The van der Waals surface area contributed by atoms with Gasteiger partial charge in [0.2, 0.25) is 5.88 Å². The number of benzene rings is 1. The average Bonchev–Trinajstić information content (AvgIpc) is 2.27. The van der Waals surface area contributed by atoms with Crippen LogP contribution in [0.1, 0.15) is 5.56 Å². The van der Waals surface area contributed by atoms with E-state index in [0.29, 0.717) is 11.8 Å². The van der Waals surface area contributed by atoms with Crippen LogP contribution in [0.25, 0.3) is 10.8 Å². The molecule has 2 rings (SSSR count). The molecule has 0 saturated carbocycles. The van der Waals surface area contributed by atoms with Crippen LogP contribution in [-0.4, -0.2) is 12.1 Å². The van der Waals surface area contributed by atoms with Gasteiger partial charge in [-0.05, 0) is 17.0 Å². The van der Waals surface area contributed by atoms with E-state index in [1.165, 1.54) is 0 Å². The second kappa shape index (κ2) is 3.84. The number of fused-ring (bicyclic) bond motifs is 1. The molecule has 1 aromatic heterocycles. The van der Waals surface area contributed by atoms with Crippen molar-refractivity contribution in [2.45, 2.75) is 5.88 Å². The number of ether oxygens (including phenoxy) is 1.